The summed E-state index contributed by atoms with van der Waals surface area (Å²) in [6.45, 7) is 0. The highest BCUT2D eigenvalue weighted by molar-refractivity contribution is 14.1. The van der Waals surface area contributed by atoms with E-state index in [0.29, 0.717) is 14.7 Å². The summed E-state index contributed by atoms with van der Waals surface area (Å²) in [7, 11) is 0. The molecule has 0 amide bonds. The third-order valence-corrected chi connectivity index (χ3v) is 3.86. The Balaban J connectivity index is 2.28. The number of nitrogens with zero attached hydrogens (tertiary/aromatic N) is 1. The molecule has 4 nitrogen and oxygen atoms in total. The number of hydrogen-bond donors (Lipinski definition) is 1. The molecule has 104 valence electrons. The monoisotopic (exact) mass is 387 g/mol. The summed E-state index contributed by atoms with van der Waals surface area (Å²) < 4.78 is 13.6. The standard InChI is InChI=1S/C14H11FINO3/c15-10-5-6-11(12(16)8-10)14(18)7-9-3-1-2-4-13(9)17(19)20/h1-6,8,14,18H,7H2. The second-order valence-electron chi connectivity index (χ2n) is 4.27. The average Bonchev–Trinajstić information content (AvgIpc) is 2.38. The van der Waals surface area contributed by atoms with Gasteiger partial charge in [-0.3, -0.25) is 10.1 Å². The highest BCUT2D eigenvalue weighted by Gasteiger charge is 2.18. The number of hydrogen-bond acceptors (Lipinski definition) is 3. The van der Waals surface area contributed by atoms with E-state index in [1.54, 1.807) is 18.2 Å². The van der Waals surface area contributed by atoms with Gasteiger partial charge in [-0.1, -0.05) is 24.3 Å². The SMILES string of the molecule is O=[N+]([O-])c1ccccc1CC(O)c1ccc(F)cc1I. The number of halogens is 2. The molecular weight excluding hydrogens is 376 g/mol. The molecule has 0 spiro atoms. The van der Waals surface area contributed by atoms with E-state index in [1.807, 2.05) is 22.6 Å². The normalized spacial score (nSPS) is 12.2. The largest absolute Gasteiger partial charge is 0.388 e. The van der Waals surface area contributed by atoms with Crippen LogP contribution in [0.4, 0.5) is 10.1 Å². The maximum atomic E-state index is 13.0. The number of benzene rings is 2. The van der Waals surface area contributed by atoms with Gasteiger partial charge in [0.15, 0.2) is 0 Å². The van der Waals surface area contributed by atoms with Gasteiger partial charge in [-0.05, 0) is 40.3 Å². The molecule has 0 fully saturated rings. The maximum absolute atomic E-state index is 13.0. The molecule has 0 bridgehead atoms. The van der Waals surface area contributed by atoms with Crippen LogP contribution in [0.3, 0.4) is 0 Å². The number of nitro benzene ring substituents is 1. The molecule has 20 heavy (non-hydrogen) atoms. The topological polar surface area (TPSA) is 63.4 Å². The van der Waals surface area contributed by atoms with Crippen LogP contribution in [0.25, 0.3) is 0 Å². The Kier molecular flexibility index (Phi) is 4.66. The fraction of sp³-hybridized carbons (Fsp3) is 0.143. The quantitative estimate of drug-likeness (QED) is 0.495. The molecule has 0 radical (unpaired) electrons. The summed E-state index contributed by atoms with van der Waals surface area (Å²) in [5, 5.41) is 21.1. The van der Waals surface area contributed by atoms with Crippen LogP contribution in [0.5, 0.6) is 0 Å². The minimum atomic E-state index is -0.913. The summed E-state index contributed by atoms with van der Waals surface area (Å²) in [6, 6.07) is 10.4. The first-order valence-electron chi connectivity index (χ1n) is 5.84. The van der Waals surface area contributed by atoms with Crippen molar-refractivity contribution in [3.05, 3.63) is 73.1 Å². The zero-order valence-corrected chi connectivity index (χ0v) is 12.5. The van der Waals surface area contributed by atoms with E-state index in [-0.39, 0.29) is 17.9 Å². The third-order valence-electron chi connectivity index (χ3n) is 2.92. The van der Waals surface area contributed by atoms with Gasteiger partial charge in [0, 0.05) is 21.6 Å². The number of aliphatic hydroxyl groups is 1. The van der Waals surface area contributed by atoms with Crippen LogP contribution in [0.15, 0.2) is 42.5 Å². The molecule has 1 atom stereocenters. The van der Waals surface area contributed by atoms with Crippen LogP contribution in [-0.2, 0) is 6.42 Å². The van der Waals surface area contributed by atoms with Gasteiger partial charge in [0.05, 0.1) is 11.0 Å². The van der Waals surface area contributed by atoms with Gasteiger partial charge in [-0.25, -0.2) is 4.39 Å². The van der Waals surface area contributed by atoms with Crippen LogP contribution >= 0.6 is 22.6 Å². The molecule has 2 aromatic rings. The summed E-state index contributed by atoms with van der Waals surface area (Å²) in [6.07, 6.45) is -0.803. The van der Waals surface area contributed by atoms with E-state index in [2.05, 4.69) is 0 Å². The fourth-order valence-electron chi connectivity index (χ4n) is 1.95. The Labute approximate surface area is 128 Å². The van der Waals surface area contributed by atoms with E-state index >= 15 is 0 Å². The minimum absolute atomic E-state index is 0.0244. The fourth-order valence-corrected chi connectivity index (χ4v) is 2.79. The lowest BCUT2D eigenvalue weighted by molar-refractivity contribution is -0.385. The lowest BCUT2D eigenvalue weighted by Crippen LogP contribution is -2.06. The maximum Gasteiger partial charge on any atom is 0.272 e. The smallest absolute Gasteiger partial charge is 0.272 e. The average molecular weight is 387 g/mol. The van der Waals surface area contributed by atoms with Crippen molar-refractivity contribution < 1.29 is 14.4 Å². The van der Waals surface area contributed by atoms with Crippen molar-refractivity contribution in [1.29, 1.82) is 0 Å². The number of para-hydroxylation sites is 1. The number of aliphatic hydroxyl groups excluding tert-OH is 1. The number of rotatable bonds is 4. The summed E-state index contributed by atoms with van der Waals surface area (Å²) in [5.74, 6) is -0.379. The van der Waals surface area contributed by atoms with Crippen molar-refractivity contribution >= 4 is 28.3 Å². The molecule has 1 N–H and O–H groups in total. The van der Waals surface area contributed by atoms with Crippen LogP contribution < -0.4 is 0 Å². The predicted octanol–water partition coefficient (Wildman–Crippen LogP) is 3.61. The first kappa shape index (κ1) is 14.9. The molecule has 0 aromatic heterocycles. The van der Waals surface area contributed by atoms with Crippen LogP contribution in [0.2, 0.25) is 0 Å². The molecule has 0 aliphatic heterocycles. The Morgan fingerprint density at radius 2 is 2.00 bits per heavy atom. The van der Waals surface area contributed by atoms with Crippen LogP contribution in [0, 0.1) is 19.5 Å². The van der Waals surface area contributed by atoms with E-state index in [1.165, 1.54) is 24.3 Å². The molecule has 0 aliphatic carbocycles. The van der Waals surface area contributed by atoms with Gasteiger partial charge in [-0.15, -0.1) is 0 Å². The van der Waals surface area contributed by atoms with E-state index < -0.39 is 11.0 Å². The van der Waals surface area contributed by atoms with Gasteiger partial charge in [0.2, 0.25) is 0 Å². The van der Waals surface area contributed by atoms with Crippen molar-refractivity contribution in [2.24, 2.45) is 0 Å². The molecule has 0 aliphatic rings. The molecule has 1 unspecified atom stereocenters. The van der Waals surface area contributed by atoms with Gasteiger partial charge >= 0.3 is 0 Å². The molecular formula is C14H11FINO3. The lowest BCUT2D eigenvalue weighted by atomic mass is 10.0. The summed E-state index contributed by atoms with van der Waals surface area (Å²) in [4.78, 5) is 10.4. The Morgan fingerprint density at radius 1 is 1.30 bits per heavy atom. The van der Waals surface area contributed by atoms with E-state index in [9.17, 15) is 19.6 Å². The minimum Gasteiger partial charge on any atom is -0.388 e. The first-order valence-corrected chi connectivity index (χ1v) is 6.92. The van der Waals surface area contributed by atoms with E-state index in [0.717, 1.165) is 0 Å². The van der Waals surface area contributed by atoms with Crippen LogP contribution in [0.1, 0.15) is 17.2 Å². The third kappa shape index (κ3) is 3.31. The van der Waals surface area contributed by atoms with Gasteiger partial charge in [0.25, 0.3) is 5.69 Å². The van der Waals surface area contributed by atoms with Gasteiger partial charge in [0.1, 0.15) is 5.82 Å². The second-order valence-corrected chi connectivity index (χ2v) is 5.43. The molecule has 2 rings (SSSR count). The van der Waals surface area contributed by atoms with Crippen LogP contribution in [-0.4, -0.2) is 10.0 Å². The Bertz CT molecular complexity index is 648. The predicted molar refractivity (Wildman–Crippen MR) is 80.9 cm³/mol. The van der Waals surface area contributed by atoms with Crippen molar-refractivity contribution in [1.82, 2.24) is 0 Å². The van der Waals surface area contributed by atoms with Crippen molar-refractivity contribution in [2.75, 3.05) is 0 Å². The molecule has 0 saturated carbocycles. The molecule has 2 aromatic carbocycles. The zero-order chi connectivity index (χ0) is 14.7. The molecule has 0 saturated heterocycles. The Hall–Kier alpha value is -1.54. The molecule has 0 heterocycles. The highest BCUT2D eigenvalue weighted by atomic mass is 127. The second kappa shape index (κ2) is 6.27. The van der Waals surface area contributed by atoms with E-state index in [4.69, 9.17) is 0 Å². The first-order chi connectivity index (χ1) is 9.49. The zero-order valence-electron chi connectivity index (χ0n) is 10.3. The molecule has 6 heteroatoms. The van der Waals surface area contributed by atoms with Crippen molar-refractivity contribution in [3.63, 3.8) is 0 Å². The highest BCUT2D eigenvalue weighted by Crippen LogP contribution is 2.27. The van der Waals surface area contributed by atoms with Crippen molar-refractivity contribution in [3.8, 4) is 0 Å². The Morgan fingerprint density at radius 3 is 2.65 bits per heavy atom. The summed E-state index contributed by atoms with van der Waals surface area (Å²) >= 11 is 1.93. The number of nitro groups is 1. The lowest BCUT2D eigenvalue weighted by Gasteiger charge is -2.13. The van der Waals surface area contributed by atoms with Gasteiger partial charge in [-0.2, -0.15) is 0 Å². The summed E-state index contributed by atoms with van der Waals surface area (Å²) in [5.41, 5.74) is 0.985. The van der Waals surface area contributed by atoms with Gasteiger partial charge < -0.3 is 5.11 Å². The van der Waals surface area contributed by atoms with Crippen molar-refractivity contribution in [2.45, 2.75) is 12.5 Å².